The van der Waals surface area contributed by atoms with E-state index in [1.54, 1.807) is 18.2 Å². The molecule has 106 valence electrons. The van der Waals surface area contributed by atoms with Crippen molar-refractivity contribution in [3.63, 3.8) is 0 Å². The summed E-state index contributed by atoms with van der Waals surface area (Å²) in [6.07, 6.45) is 0.331. The van der Waals surface area contributed by atoms with E-state index in [0.29, 0.717) is 18.2 Å². The summed E-state index contributed by atoms with van der Waals surface area (Å²) in [6, 6.07) is 6.86. The molecule has 0 aliphatic carbocycles. The third kappa shape index (κ3) is 3.75. The summed E-state index contributed by atoms with van der Waals surface area (Å²) < 4.78 is 13.6. The quantitative estimate of drug-likeness (QED) is 0.905. The van der Waals surface area contributed by atoms with Crippen molar-refractivity contribution in [2.24, 2.45) is 0 Å². The fourth-order valence-electron chi connectivity index (χ4n) is 2.76. The molecule has 1 fully saturated rings. The minimum Gasteiger partial charge on any atom is -0.387 e. The van der Waals surface area contributed by atoms with E-state index in [1.807, 2.05) is 0 Å². The van der Waals surface area contributed by atoms with Gasteiger partial charge in [0.05, 0.1) is 6.10 Å². The van der Waals surface area contributed by atoms with Gasteiger partial charge in [0, 0.05) is 24.7 Å². The average Bonchev–Trinajstić information content (AvgIpc) is 2.52. The standard InChI is InChI=1S/C15H23FN2O/c1-12-10-17(2)8-5-9-18(12)11-15(19)13-6-3-4-7-14(13)16/h3-4,6-7,12,15,19H,5,8-11H2,1-2H3. The topological polar surface area (TPSA) is 26.7 Å². The summed E-state index contributed by atoms with van der Waals surface area (Å²) in [5.74, 6) is -0.324. The molecule has 1 saturated heterocycles. The molecule has 0 saturated carbocycles. The Balaban J connectivity index is 2.02. The molecule has 1 N–H and O–H groups in total. The largest absolute Gasteiger partial charge is 0.387 e. The van der Waals surface area contributed by atoms with Crippen molar-refractivity contribution in [2.75, 3.05) is 33.2 Å². The zero-order valence-corrected chi connectivity index (χ0v) is 11.7. The number of hydrogen-bond acceptors (Lipinski definition) is 3. The van der Waals surface area contributed by atoms with Gasteiger partial charge < -0.3 is 10.0 Å². The number of hydrogen-bond donors (Lipinski definition) is 1. The minimum absolute atomic E-state index is 0.324. The van der Waals surface area contributed by atoms with Crippen molar-refractivity contribution in [1.29, 1.82) is 0 Å². The summed E-state index contributed by atoms with van der Waals surface area (Å²) in [4.78, 5) is 4.56. The van der Waals surface area contributed by atoms with Gasteiger partial charge in [-0.15, -0.1) is 0 Å². The molecule has 0 aromatic heterocycles. The maximum absolute atomic E-state index is 13.6. The van der Waals surface area contributed by atoms with Crippen LogP contribution in [0.1, 0.15) is 25.0 Å². The van der Waals surface area contributed by atoms with E-state index in [4.69, 9.17) is 0 Å². The summed E-state index contributed by atoms with van der Waals surface area (Å²) in [7, 11) is 2.12. The van der Waals surface area contributed by atoms with Crippen molar-refractivity contribution in [2.45, 2.75) is 25.5 Å². The number of likely N-dealkylation sites (N-methyl/N-ethyl adjacent to an activating group) is 1. The van der Waals surface area contributed by atoms with Gasteiger partial charge in [-0.2, -0.15) is 0 Å². The first-order valence-corrected chi connectivity index (χ1v) is 6.93. The molecule has 3 nitrogen and oxygen atoms in total. The SMILES string of the molecule is CC1CN(C)CCCN1CC(O)c1ccccc1F. The van der Waals surface area contributed by atoms with Gasteiger partial charge >= 0.3 is 0 Å². The van der Waals surface area contributed by atoms with Crippen LogP contribution in [0.15, 0.2) is 24.3 Å². The molecule has 1 aliphatic rings. The van der Waals surface area contributed by atoms with Gasteiger partial charge in [0.15, 0.2) is 0 Å². The van der Waals surface area contributed by atoms with E-state index in [2.05, 4.69) is 23.8 Å². The second-order valence-electron chi connectivity index (χ2n) is 5.50. The van der Waals surface area contributed by atoms with E-state index in [-0.39, 0.29) is 5.82 Å². The van der Waals surface area contributed by atoms with E-state index in [0.717, 1.165) is 26.1 Å². The number of halogens is 1. The smallest absolute Gasteiger partial charge is 0.129 e. The Morgan fingerprint density at radius 1 is 1.37 bits per heavy atom. The van der Waals surface area contributed by atoms with Gasteiger partial charge in [0.25, 0.3) is 0 Å². The van der Waals surface area contributed by atoms with Crippen molar-refractivity contribution in [3.05, 3.63) is 35.6 Å². The molecular weight excluding hydrogens is 243 g/mol. The lowest BCUT2D eigenvalue weighted by Gasteiger charge is -2.29. The first-order valence-electron chi connectivity index (χ1n) is 6.93. The lowest BCUT2D eigenvalue weighted by molar-refractivity contribution is 0.0896. The van der Waals surface area contributed by atoms with Crippen LogP contribution in [-0.4, -0.2) is 54.2 Å². The van der Waals surface area contributed by atoms with Crippen LogP contribution in [0.2, 0.25) is 0 Å². The van der Waals surface area contributed by atoms with Crippen molar-refractivity contribution >= 4 is 0 Å². The van der Waals surface area contributed by atoms with E-state index >= 15 is 0 Å². The van der Waals surface area contributed by atoms with Crippen LogP contribution in [0, 0.1) is 5.82 Å². The Labute approximate surface area is 114 Å². The number of aliphatic hydroxyl groups excluding tert-OH is 1. The molecule has 0 amide bonds. The number of benzene rings is 1. The molecule has 2 rings (SSSR count). The first kappa shape index (κ1) is 14.4. The molecule has 1 aromatic carbocycles. The summed E-state index contributed by atoms with van der Waals surface area (Å²) in [5.41, 5.74) is 0.396. The van der Waals surface area contributed by atoms with Gasteiger partial charge in [-0.1, -0.05) is 18.2 Å². The van der Waals surface area contributed by atoms with Gasteiger partial charge in [0.1, 0.15) is 5.82 Å². The summed E-state index contributed by atoms with van der Waals surface area (Å²) in [6.45, 7) is 5.68. The molecule has 2 unspecified atom stereocenters. The summed E-state index contributed by atoms with van der Waals surface area (Å²) in [5, 5.41) is 10.2. The normalized spacial score (nSPS) is 24.1. The molecule has 1 aliphatic heterocycles. The second kappa shape index (κ2) is 6.46. The Morgan fingerprint density at radius 3 is 2.84 bits per heavy atom. The van der Waals surface area contributed by atoms with Crippen LogP contribution in [-0.2, 0) is 0 Å². The van der Waals surface area contributed by atoms with E-state index < -0.39 is 6.10 Å². The maximum Gasteiger partial charge on any atom is 0.129 e. The maximum atomic E-state index is 13.6. The van der Waals surface area contributed by atoms with Crippen LogP contribution in [0.4, 0.5) is 4.39 Å². The molecule has 0 bridgehead atoms. The number of β-amino-alcohol motifs (C(OH)–C–C–N with tert-alkyl or cyclic N) is 1. The molecule has 0 spiro atoms. The highest BCUT2D eigenvalue weighted by atomic mass is 19.1. The molecular formula is C15H23FN2O. The zero-order chi connectivity index (χ0) is 13.8. The van der Waals surface area contributed by atoms with Crippen LogP contribution in [0.25, 0.3) is 0 Å². The monoisotopic (exact) mass is 266 g/mol. The molecule has 1 heterocycles. The molecule has 0 radical (unpaired) electrons. The Hall–Kier alpha value is -0.970. The highest BCUT2D eigenvalue weighted by Gasteiger charge is 2.23. The van der Waals surface area contributed by atoms with Gasteiger partial charge in [-0.25, -0.2) is 4.39 Å². The van der Waals surface area contributed by atoms with Crippen molar-refractivity contribution in [3.8, 4) is 0 Å². The fraction of sp³-hybridized carbons (Fsp3) is 0.600. The van der Waals surface area contributed by atoms with Gasteiger partial charge in [-0.3, -0.25) is 4.90 Å². The minimum atomic E-state index is -0.757. The lowest BCUT2D eigenvalue weighted by atomic mass is 10.1. The summed E-state index contributed by atoms with van der Waals surface area (Å²) >= 11 is 0. The van der Waals surface area contributed by atoms with Crippen LogP contribution < -0.4 is 0 Å². The Bertz CT molecular complexity index is 413. The molecule has 2 atom stereocenters. The second-order valence-corrected chi connectivity index (χ2v) is 5.50. The Morgan fingerprint density at radius 2 is 2.11 bits per heavy atom. The molecule has 19 heavy (non-hydrogen) atoms. The molecule has 4 heteroatoms. The van der Waals surface area contributed by atoms with Gasteiger partial charge in [-0.05, 0) is 39.5 Å². The van der Waals surface area contributed by atoms with Crippen molar-refractivity contribution in [1.82, 2.24) is 9.80 Å². The van der Waals surface area contributed by atoms with Crippen molar-refractivity contribution < 1.29 is 9.50 Å². The van der Waals surface area contributed by atoms with Gasteiger partial charge in [0.2, 0.25) is 0 Å². The van der Waals surface area contributed by atoms with Crippen LogP contribution in [0.5, 0.6) is 0 Å². The third-order valence-corrected chi connectivity index (χ3v) is 3.86. The first-order chi connectivity index (χ1) is 9.08. The van der Waals surface area contributed by atoms with E-state index in [9.17, 15) is 9.50 Å². The van der Waals surface area contributed by atoms with E-state index in [1.165, 1.54) is 6.07 Å². The number of nitrogens with zero attached hydrogens (tertiary/aromatic N) is 2. The average molecular weight is 266 g/mol. The number of aliphatic hydroxyl groups is 1. The lowest BCUT2D eigenvalue weighted by Crippen LogP contribution is -2.40. The zero-order valence-electron chi connectivity index (χ0n) is 11.7. The predicted octanol–water partition coefficient (Wildman–Crippen LogP) is 1.89. The Kier molecular flexibility index (Phi) is 4.91. The number of rotatable bonds is 3. The van der Waals surface area contributed by atoms with Crippen LogP contribution >= 0.6 is 0 Å². The highest BCUT2D eigenvalue weighted by molar-refractivity contribution is 5.20. The fourth-order valence-corrected chi connectivity index (χ4v) is 2.76. The predicted molar refractivity (Wildman–Crippen MR) is 74.5 cm³/mol. The molecule has 1 aromatic rings. The third-order valence-electron chi connectivity index (χ3n) is 3.86. The van der Waals surface area contributed by atoms with Crippen LogP contribution in [0.3, 0.4) is 0 Å². The highest BCUT2D eigenvalue weighted by Crippen LogP contribution is 2.20.